The molecule has 4 atom stereocenters. The number of carbonyl (C=O) groups is 4. The zero-order valence-electron chi connectivity index (χ0n) is 23.8. The first-order valence-corrected chi connectivity index (χ1v) is 13.2. The molecule has 0 radical (unpaired) electrons. The first-order valence-electron chi connectivity index (χ1n) is 13.2. The molecule has 3 N–H and O–H groups in total. The van der Waals surface area contributed by atoms with E-state index in [4.69, 9.17) is 9.47 Å². The van der Waals surface area contributed by atoms with E-state index in [1.54, 1.807) is 66.7 Å². The SMILES string of the molecule is CCOC(=O)CCNC(=O)C(c1cccc(C)c1O)N(C(=O)C(NC(=O)OC(C)(C)C)C(C)C)C1CC1C. The lowest BCUT2D eigenvalue weighted by atomic mass is 9.96. The van der Waals surface area contributed by atoms with E-state index in [2.05, 4.69) is 10.6 Å². The van der Waals surface area contributed by atoms with E-state index in [9.17, 15) is 24.3 Å². The maximum absolute atomic E-state index is 14.1. The Hall–Kier alpha value is -3.30. The molecule has 1 aliphatic carbocycles. The highest BCUT2D eigenvalue weighted by Crippen LogP contribution is 2.43. The van der Waals surface area contributed by atoms with Crippen LogP contribution in [0.3, 0.4) is 0 Å². The van der Waals surface area contributed by atoms with Crippen LogP contribution in [0.25, 0.3) is 0 Å². The van der Waals surface area contributed by atoms with Gasteiger partial charge in [0.1, 0.15) is 23.4 Å². The van der Waals surface area contributed by atoms with Crippen LogP contribution in [0.1, 0.15) is 78.5 Å². The first-order chi connectivity index (χ1) is 17.7. The lowest BCUT2D eigenvalue weighted by molar-refractivity contribution is -0.145. The summed E-state index contributed by atoms with van der Waals surface area (Å²) in [6.07, 6.45) is -0.0983. The summed E-state index contributed by atoms with van der Waals surface area (Å²) in [4.78, 5) is 53.7. The molecule has 10 nitrogen and oxygen atoms in total. The number of phenolic OH excluding ortho intramolecular Hbond substituents is 1. The Morgan fingerprint density at radius 1 is 1.18 bits per heavy atom. The zero-order valence-corrected chi connectivity index (χ0v) is 23.8. The van der Waals surface area contributed by atoms with Crippen LogP contribution in [0, 0.1) is 18.8 Å². The van der Waals surface area contributed by atoms with Crippen LogP contribution in [-0.4, -0.2) is 64.7 Å². The van der Waals surface area contributed by atoms with Crippen LogP contribution < -0.4 is 10.6 Å². The highest BCUT2D eigenvalue weighted by Gasteiger charge is 2.49. The Labute approximate surface area is 225 Å². The predicted molar refractivity (Wildman–Crippen MR) is 142 cm³/mol. The molecular weight excluding hydrogens is 490 g/mol. The number of phenols is 1. The van der Waals surface area contributed by atoms with Crippen molar-refractivity contribution in [2.45, 2.75) is 92.0 Å². The molecule has 1 saturated carbocycles. The minimum Gasteiger partial charge on any atom is -0.507 e. The second-order valence-electron chi connectivity index (χ2n) is 11.2. The molecule has 1 aromatic carbocycles. The van der Waals surface area contributed by atoms with Crippen LogP contribution in [0.4, 0.5) is 4.79 Å². The van der Waals surface area contributed by atoms with Gasteiger partial charge in [0, 0.05) is 18.2 Å². The summed E-state index contributed by atoms with van der Waals surface area (Å²) in [5.74, 6) is -1.73. The number of alkyl carbamates (subject to hydrolysis) is 1. The molecule has 212 valence electrons. The lowest BCUT2D eigenvalue weighted by Gasteiger charge is -2.36. The van der Waals surface area contributed by atoms with Crippen LogP contribution in [0.5, 0.6) is 5.75 Å². The topological polar surface area (TPSA) is 134 Å². The number of hydrogen-bond acceptors (Lipinski definition) is 7. The maximum Gasteiger partial charge on any atom is 0.408 e. The van der Waals surface area contributed by atoms with Gasteiger partial charge in [-0.3, -0.25) is 14.4 Å². The average Bonchev–Trinajstić information content (AvgIpc) is 3.52. The summed E-state index contributed by atoms with van der Waals surface area (Å²) in [6, 6.07) is 2.60. The van der Waals surface area contributed by atoms with E-state index in [0.29, 0.717) is 12.0 Å². The van der Waals surface area contributed by atoms with Gasteiger partial charge in [0.25, 0.3) is 0 Å². The molecule has 2 rings (SSSR count). The van der Waals surface area contributed by atoms with E-state index in [1.807, 2.05) is 6.92 Å². The Bertz CT molecular complexity index is 1020. The number of esters is 1. The van der Waals surface area contributed by atoms with E-state index in [1.165, 1.54) is 4.90 Å². The number of ether oxygens (including phenoxy) is 2. The third kappa shape index (κ3) is 8.36. The molecule has 0 bridgehead atoms. The summed E-state index contributed by atoms with van der Waals surface area (Å²) in [7, 11) is 0. The van der Waals surface area contributed by atoms with E-state index in [-0.39, 0.29) is 48.8 Å². The van der Waals surface area contributed by atoms with Gasteiger partial charge in [-0.1, -0.05) is 39.0 Å². The minimum atomic E-state index is -1.18. The number of rotatable bonds is 11. The van der Waals surface area contributed by atoms with Crippen LogP contribution in [0.2, 0.25) is 0 Å². The van der Waals surface area contributed by atoms with Gasteiger partial charge in [0.05, 0.1) is 13.0 Å². The number of nitrogens with one attached hydrogen (secondary N) is 2. The summed E-state index contributed by atoms with van der Waals surface area (Å²) >= 11 is 0. The molecule has 0 heterocycles. The van der Waals surface area contributed by atoms with Gasteiger partial charge in [0.15, 0.2) is 0 Å². The van der Waals surface area contributed by atoms with Crippen LogP contribution >= 0.6 is 0 Å². The quantitative estimate of drug-likeness (QED) is 0.370. The highest BCUT2D eigenvalue weighted by molar-refractivity contribution is 5.93. The third-order valence-corrected chi connectivity index (χ3v) is 6.31. The summed E-state index contributed by atoms with van der Waals surface area (Å²) in [6.45, 7) is 14.4. The molecule has 0 saturated heterocycles. The van der Waals surface area contributed by atoms with Crippen molar-refractivity contribution in [1.82, 2.24) is 15.5 Å². The van der Waals surface area contributed by atoms with Crippen molar-refractivity contribution in [1.29, 1.82) is 0 Å². The number of benzene rings is 1. The van der Waals surface area contributed by atoms with Gasteiger partial charge in [-0.15, -0.1) is 0 Å². The largest absolute Gasteiger partial charge is 0.507 e. The van der Waals surface area contributed by atoms with Crippen molar-refractivity contribution in [3.63, 3.8) is 0 Å². The van der Waals surface area contributed by atoms with Crippen molar-refractivity contribution in [3.05, 3.63) is 29.3 Å². The average molecular weight is 534 g/mol. The maximum atomic E-state index is 14.1. The van der Waals surface area contributed by atoms with Crippen molar-refractivity contribution in [2.24, 2.45) is 11.8 Å². The Morgan fingerprint density at radius 3 is 2.34 bits per heavy atom. The van der Waals surface area contributed by atoms with E-state index in [0.717, 1.165) is 0 Å². The molecule has 1 aromatic rings. The van der Waals surface area contributed by atoms with Gasteiger partial charge in [-0.2, -0.15) is 0 Å². The summed E-state index contributed by atoms with van der Waals surface area (Å²) < 4.78 is 10.3. The summed E-state index contributed by atoms with van der Waals surface area (Å²) in [5, 5.41) is 16.4. The molecule has 0 aromatic heterocycles. The predicted octanol–water partition coefficient (Wildman–Crippen LogP) is 3.60. The Kier molecular flexibility index (Phi) is 10.6. The molecule has 38 heavy (non-hydrogen) atoms. The first kappa shape index (κ1) is 30.9. The summed E-state index contributed by atoms with van der Waals surface area (Å²) in [5.41, 5.74) is 0.0647. The van der Waals surface area contributed by atoms with Gasteiger partial charge in [-0.25, -0.2) is 4.79 Å². The molecule has 3 amide bonds. The van der Waals surface area contributed by atoms with Gasteiger partial charge >= 0.3 is 12.1 Å². The Morgan fingerprint density at radius 2 is 1.82 bits per heavy atom. The second-order valence-corrected chi connectivity index (χ2v) is 11.2. The fourth-order valence-electron chi connectivity index (χ4n) is 4.22. The molecule has 1 aliphatic rings. The number of carbonyl (C=O) groups excluding carboxylic acids is 4. The minimum absolute atomic E-state index is 0.00671. The molecule has 4 unspecified atom stereocenters. The molecule has 10 heteroatoms. The fourth-order valence-corrected chi connectivity index (χ4v) is 4.22. The fraction of sp³-hybridized carbons (Fsp3) is 0.643. The van der Waals surface area contributed by atoms with Gasteiger partial charge in [0.2, 0.25) is 11.8 Å². The second kappa shape index (κ2) is 13.0. The van der Waals surface area contributed by atoms with Crippen LogP contribution in [-0.2, 0) is 23.9 Å². The number of aromatic hydroxyl groups is 1. The zero-order chi connectivity index (χ0) is 28.8. The van der Waals surface area contributed by atoms with Crippen molar-refractivity contribution < 1.29 is 33.8 Å². The van der Waals surface area contributed by atoms with E-state index < -0.39 is 41.6 Å². The lowest BCUT2D eigenvalue weighted by Crippen LogP contribution is -2.55. The smallest absolute Gasteiger partial charge is 0.408 e. The monoisotopic (exact) mass is 533 g/mol. The highest BCUT2D eigenvalue weighted by atomic mass is 16.6. The van der Waals surface area contributed by atoms with Crippen molar-refractivity contribution >= 4 is 23.9 Å². The number of amides is 3. The molecular formula is C28H43N3O7. The normalized spacial score (nSPS) is 18.2. The standard InChI is InChI=1S/C28H43N3O7/c1-9-37-21(32)13-14-29-25(34)23(19-12-10-11-17(4)24(19)33)31(20-15-18(20)5)26(35)22(16(2)3)30-27(36)38-28(6,7)8/h10-12,16,18,20,22-23,33H,9,13-15H2,1-8H3,(H,29,34)(H,30,36). The van der Waals surface area contributed by atoms with Crippen molar-refractivity contribution in [3.8, 4) is 5.75 Å². The van der Waals surface area contributed by atoms with Gasteiger partial charge in [-0.05, 0) is 58.4 Å². The van der Waals surface area contributed by atoms with Crippen molar-refractivity contribution in [2.75, 3.05) is 13.2 Å². The third-order valence-electron chi connectivity index (χ3n) is 6.31. The number of nitrogens with zero attached hydrogens (tertiary/aromatic N) is 1. The number of para-hydroxylation sites is 1. The molecule has 1 fully saturated rings. The Balaban J connectivity index is 2.47. The number of aryl methyl sites for hydroxylation is 1. The molecule has 0 spiro atoms. The van der Waals surface area contributed by atoms with Crippen LogP contribution in [0.15, 0.2) is 18.2 Å². The van der Waals surface area contributed by atoms with E-state index >= 15 is 0 Å². The van der Waals surface area contributed by atoms with Gasteiger partial charge < -0.3 is 30.1 Å². The molecule has 0 aliphatic heterocycles. The number of hydrogen-bond donors (Lipinski definition) is 3.